The second kappa shape index (κ2) is 5.61. The van der Waals surface area contributed by atoms with Crippen LogP contribution < -0.4 is 0 Å². The first-order valence-electron chi connectivity index (χ1n) is 4.66. The van der Waals surface area contributed by atoms with E-state index in [1.807, 2.05) is 6.92 Å². The van der Waals surface area contributed by atoms with E-state index < -0.39 is 5.97 Å². The van der Waals surface area contributed by atoms with Crippen LogP contribution in [0.5, 0.6) is 5.75 Å². The minimum atomic E-state index is -0.523. The standard InChI is InChI=1S/C11H13ClO3/c1-8(6-12)7-15-11(14)9-4-2-3-5-10(9)13/h2-5,8,13H,6-7H2,1H3. The number of phenolic OH excluding ortho intramolecular Hbond substituents is 1. The number of carbonyl (C=O) groups is 1. The number of ether oxygens (including phenoxy) is 1. The predicted molar refractivity (Wildman–Crippen MR) is 58.3 cm³/mol. The van der Waals surface area contributed by atoms with E-state index in [2.05, 4.69) is 0 Å². The van der Waals surface area contributed by atoms with Crippen LogP contribution in [-0.2, 0) is 4.74 Å². The SMILES string of the molecule is CC(CCl)COC(=O)c1ccccc1O. The van der Waals surface area contributed by atoms with Gasteiger partial charge in [0.05, 0.1) is 6.61 Å². The van der Waals surface area contributed by atoms with Gasteiger partial charge in [-0.2, -0.15) is 0 Å². The lowest BCUT2D eigenvalue weighted by Gasteiger charge is -2.09. The lowest BCUT2D eigenvalue weighted by Crippen LogP contribution is -2.13. The Kier molecular flexibility index (Phi) is 4.43. The molecule has 4 heteroatoms. The second-order valence-corrected chi connectivity index (χ2v) is 3.68. The summed E-state index contributed by atoms with van der Waals surface area (Å²) in [5.74, 6) is -0.0406. The zero-order chi connectivity index (χ0) is 11.3. The number of carbonyl (C=O) groups excluding carboxylic acids is 1. The van der Waals surface area contributed by atoms with Crippen molar-refractivity contribution in [2.45, 2.75) is 6.92 Å². The van der Waals surface area contributed by atoms with E-state index in [0.29, 0.717) is 5.88 Å². The number of benzene rings is 1. The zero-order valence-electron chi connectivity index (χ0n) is 8.44. The van der Waals surface area contributed by atoms with E-state index in [1.54, 1.807) is 12.1 Å². The molecule has 0 fully saturated rings. The Labute approximate surface area is 93.6 Å². The monoisotopic (exact) mass is 228 g/mol. The topological polar surface area (TPSA) is 46.5 Å². The molecule has 1 unspecified atom stereocenters. The van der Waals surface area contributed by atoms with Crippen LogP contribution in [0.1, 0.15) is 17.3 Å². The van der Waals surface area contributed by atoms with Crippen molar-refractivity contribution in [3.05, 3.63) is 29.8 Å². The molecular formula is C11H13ClO3. The molecule has 1 rings (SSSR count). The van der Waals surface area contributed by atoms with Crippen LogP contribution in [-0.4, -0.2) is 23.6 Å². The number of hydrogen-bond donors (Lipinski definition) is 1. The summed E-state index contributed by atoms with van der Waals surface area (Å²) in [5.41, 5.74) is 0.180. The molecule has 0 saturated carbocycles. The Morgan fingerprint density at radius 2 is 2.20 bits per heavy atom. The number of esters is 1. The van der Waals surface area contributed by atoms with Gasteiger partial charge < -0.3 is 9.84 Å². The van der Waals surface area contributed by atoms with Gasteiger partial charge in [0.2, 0.25) is 0 Å². The Balaban J connectivity index is 2.58. The maximum atomic E-state index is 11.5. The quantitative estimate of drug-likeness (QED) is 0.636. The summed E-state index contributed by atoms with van der Waals surface area (Å²) >= 11 is 5.57. The Morgan fingerprint density at radius 1 is 1.53 bits per heavy atom. The number of aromatic hydroxyl groups is 1. The van der Waals surface area contributed by atoms with Crippen LogP contribution in [0.4, 0.5) is 0 Å². The fraction of sp³-hybridized carbons (Fsp3) is 0.364. The van der Waals surface area contributed by atoms with Crippen LogP contribution >= 0.6 is 11.6 Å². The van der Waals surface area contributed by atoms with Gasteiger partial charge in [-0.3, -0.25) is 0 Å². The first kappa shape index (κ1) is 11.9. The van der Waals surface area contributed by atoms with Gasteiger partial charge >= 0.3 is 5.97 Å². The molecule has 0 aliphatic rings. The third kappa shape index (κ3) is 3.44. The molecule has 1 aromatic carbocycles. The smallest absolute Gasteiger partial charge is 0.341 e. The first-order chi connectivity index (χ1) is 7.15. The van der Waals surface area contributed by atoms with E-state index in [1.165, 1.54) is 12.1 Å². The van der Waals surface area contributed by atoms with E-state index in [-0.39, 0.29) is 23.8 Å². The van der Waals surface area contributed by atoms with Gasteiger partial charge in [0.15, 0.2) is 0 Å². The van der Waals surface area contributed by atoms with Gasteiger partial charge in [0.1, 0.15) is 11.3 Å². The van der Waals surface area contributed by atoms with Crippen LogP contribution in [0.25, 0.3) is 0 Å². The number of halogens is 1. The van der Waals surface area contributed by atoms with Crippen molar-refractivity contribution in [2.75, 3.05) is 12.5 Å². The lowest BCUT2D eigenvalue weighted by molar-refractivity contribution is 0.0457. The van der Waals surface area contributed by atoms with Crippen molar-refractivity contribution in [1.82, 2.24) is 0 Å². The van der Waals surface area contributed by atoms with E-state index in [9.17, 15) is 9.90 Å². The summed E-state index contributed by atoms with van der Waals surface area (Å²) in [7, 11) is 0. The minimum absolute atomic E-state index is 0.0685. The van der Waals surface area contributed by atoms with Crippen LogP contribution in [0.3, 0.4) is 0 Å². The van der Waals surface area contributed by atoms with Crippen molar-refractivity contribution in [2.24, 2.45) is 5.92 Å². The first-order valence-corrected chi connectivity index (χ1v) is 5.19. The maximum absolute atomic E-state index is 11.5. The van der Waals surface area contributed by atoms with Gasteiger partial charge in [-0.05, 0) is 12.1 Å². The molecule has 0 bridgehead atoms. The Hall–Kier alpha value is -1.22. The summed E-state index contributed by atoms with van der Waals surface area (Å²) < 4.78 is 4.98. The molecular weight excluding hydrogens is 216 g/mol. The Morgan fingerprint density at radius 3 is 2.80 bits per heavy atom. The van der Waals surface area contributed by atoms with Crippen molar-refractivity contribution < 1.29 is 14.6 Å². The van der Waals surface area contributed by atoms with Gasteiger partial charge in [-0.1, -0.05) is 19.1 Å². The van der Waals surface area contributed by atoms with E-state index in [4.69, 9.17) is 16.3 Å². The average Bonchev–Trinajstić information content (AvgIpc) is 2.26. The highest BCUT2D eigenvalue weighted by Crippen LogP contribution is 2.16. The van der Waals surface area contributed by atoms with Crippen molar-refractivity contribution in [1.29, 1.82) is 0 Å². The number of rotatable bonds is 4. The molecule has 0 spiro atoms. The van der Waals surface area contributed by atoms with Crippen LogP contribution in [0.2, 0.25) is 0 Å². The third-order valence-electron chi connectivity index (χ3n) is 1.89. The molecule has 1 atom stereocenters. The van der Waals surface area contributed by atoms with Crippen molar-refractivity contribution in [3.63, 3.8) is 0 Å². The third-order valence-corrected chi connectivity index (χ3v) is 2.41. The molecule has 82 valence electrons. The highest BCUT2D eigenvalue weighted by Gasteiger charge is 2.12. The van der Waals surface area contributed by atoms with Gasteiger partial charge in [0, 0.05) is 11.8 Å². The number of hydrogen-bond acceptors (Lipinski definition) is 3. The molecule has 0 saturated heterocycles. The van der Waals surface area contributed by atoms with Gasteiger partial charge in [0.25, 0.3) is 0 Å². The minimum Gasteiger partial charge on any atom is -0.507 e. The highest BCUT2D eigenvalue weighted by molar-refractivity contribution is 6.18. The van der Waals surface area contributed by atoms with Crippen molar-refractivity contribution >= 4 is 17.6 Å². The number of phenols is 1. The molecule has 1 aromatic rings. The Bertz CT molecular complexity index is 338. The molecule has 0 aliphatic heterocycles. The summed E-state index contributed by atoms with van der Waals surface area (Å²) in [6, 6.07) is 6.28. The predicted octanol–water partition coefficient (Wildman–Crippen LogP) is 2.42. The normalized spacial score (nSPS) is 12.1. The van der Waals surface area contributed by atoms with Gasteiger partial charge in [-0.25, -0.2) is 4.79 Å². The van der Waals surface area contributed by atoms with E-state index >= 15 is 0 Å². The molecule has 0 heterocycles. The van der Waals surface area contributed by atoms with Crippen LogP contribution in [0, 0.1) is 5.92 Å². The molecule has 0 aliphatic carbocycles. The molecule has 1 N–H and O–H groups in total. The zero-order valence-corrected chi connectivity index (χ0v) is 9.20. The fourth-order valence-electron chi connectivity index (χ4n) is 0.986. The fourth-order valence-corrected chi connectivity index (χ4v) is 1.08. The molecule has 0 aromatic heterocycles. The number of alkyl halides is 1. The second-order valence-electron chi connectivity index (χ2n) is 3.38. The summed E-state index contributed by atoms with van der Waals surface area (Å²) in [5, 5.41) is 9.38. The molecule has 0 amide bonds. The summed E-state index contributed by atoms with van der Waals surface area (Å²) in [6.45, 7) is 2.14. The van der Waals surface area contributed by atoms with Crippen molar-refractivity contribution in [3.8, 4) is 5.75 Å². The van der Waals surface area contributed by atoms with Crippen LogP contribution in [0.15, 0.2) is 24.3 Å². The summed E-state index contributed by atoms with van der Waals surface area (Å²) in [6.07, 6.45) is 0. The average molecular weight is 229 g/mol. The maximum Gasteiger partial charge on any atom is 0.341 e. The lowest BCUT2D eigenvalue weighted by atomic mass is 10.2. The molecule has 0 radical (unpaired) electrons. The number of para-hydroxylation sites is 1. The summed E-state index contributed by atoms with van der Waals surface area (Å²) in [4.78, 5) is 11.5. The van der Waals surface area contributed by atoms with E-state index in [0.717, 1.165) is 0 Å². The molecule has 3 nitrogen and oxygen atoms in total. The highest BCUT2D eigenvalue weighted by atomic mass is 35.5. The largest absolute Gasteiger partial charge is 0.507 e. The molecule has 15 heavy (non-hydrogen) atoms. The van der Waals surface area contributed by atoms with Gasteiger partial charge in [-0.15, -0.1) is 11.6 Å².